The molecule has 0 fully saturated rings. The third-order valence-corrected chi connectivity index (χ3v) is 7.09. The topological polar surface area (TPSA) is 140 Å². The van der Waals surface area contributed by atoms with Crippen LogP contribution in [-0.2, 0) is 10.1 Å². The van der Waals surface area contributed by atoms with Gasteiger partial charge >= 0.3 is 29.6 Å². The van der Waals surface area contributed by atoms with Crippen LogP contribution < -0.4 is 44.7 Å². The molecular weight excluding hydrogens is 576 g/mol. The third kappa shape index (κ3) is 6.72. The Hall–Kier alpha value is -2.70. The van der Waals surface area contributed by atoms with Gasteiger partial charge < -0.3 is 15.2 Å². The number of carbonyl (C=O) groups is 1. The minimum Gasteiger partial charge on any atom is -0.870 e. The zero-order valence-electron chi connectivity index (χ0n) is 21.0. The van der Waals surface area contributed by atoms with Crippen LogP contribution in [0.3, 0.4) is 0 Å². The second kappa shape index (κ2) is 12.6. The predicted octanol–water partition coefficient (Wildman–Crippen LogP) is 3.85. The fourth-order valence-electron chi connectivity index (χ4n) is 3.76. The molecule has 0 unspecified atom stereocenters. The molecule has 4 aromatic carbocycles. The van der Waals surface area contributed by atoms with Crippen molar-refractivity contribution < 1.29 is 57.2 Å². The van der Waals surface area contributed by atoms with E-state index >= 15 is 0 Å². The quantitative estimate of drug-likeness (QED) is 0.189. The second-order valence-electron chi connectivity index (χ2n) is 8.07. The van der Waals surface area contributed by atoms with Crippen LogP contribution in [0, 0.1) is 6.92 Å². The molecule has 9 nitrogen and oxygen atoms in total. The summed E-state index contributed by atoms with van der Waals surface area (Å²) in [6.07, 6.45) is 0. The molecule has 0 aliphatic rings. The van der Waals surface area contributed by atoms with E-state index in [4.69, 9.17) is 27.9 Å². The number of nitrogens with zero attached hydrogens (tertiary/aromatic N) is 2. The number of nitrogens with one attached hydrogen (secondary N) is 1. The summed E-state index contributed by atoms with van der Waals surface area (Å²) in [7, 11) is -4.76. The summed E-state index contributed by atoms with van der Waals surface area (Å²) < 4.78 is 39.2. The molecule has 0 saturated heterocycles. The van der Waals surface area contributed by atoms with E-state index < -0.39 is 26.7 Å². The number of fused-ring (bicyclic) bond motifs is 1. The number of halogens is 2. The van der Waals surface area contributed by atoms with Crippen molar-refractivity contribution in [2.24, 2.45) is 10.2 Å². The molecule has 0 spiro atoms. The van der Waals surface area contributed by atoms with Crippen LogP contribution in [0.15, 0.2) is 75.8 Å². The Kier molecular flexibility index (Phi) is 10.0. The summed E-state index contributed by atoms with van der Waals surface area (Å²) >= 11 is 12.1. The van der Waals surface area contributed by atoms with Crippen molar-refractivity contribution in [2.75, 3.05) is 11.9 Å². The van der Waals surface area contributed by atoms with Gasteiger partial charge in [0, 0.05) is 16.0 Å². The SMILES string of the molecule is CCOc1ccc(Cl)cc1NC(=O)c1cc2ccccc2c(N=Nc2c(C)ccc(Cl)c2S(=O)(=O)O)c1[O-].[Na+]. The Labute approximate surface area is 256 Å². The largest absolute Gasteiger partial charge is 1.00 e. The Morgan fingerprint density at radius 1 is 1.05 bits per heavy atom. The molecule has 13 heteroatoms. The maximum Gasteiger partial charge on any atom is 1.00 e. The molecule has 0 aliphatic heterocycles. The van der Waals surface area contributed by atoms with Gasteiger partial charge in [-0.25, -0.2) is 0 Å². The summed E-state index contributed by atoms with van der Waals surface area (Å²) in [6, 6.07) is 15.6. The number of amides is 1. The first-order chi connectivity index (χ1) is 18.0. The molecule has 2 N–H and O–H groups in total. The van der Waals surface area contributed by atoms with E-state index in [0.717, 1.165) is 0 Å². The van der Waals surface area contributed by atoms with Gasteiger partial charge in [-0.1, -0.05) is 59.3 Å². The van der Waals surface area contributed by atoms with Gasteiger partial charge in [-0.05, 0) is 55.1 Å². The molecule has 4 aromatic rings. The number of rotatable bonds is 7. The van der Waals surface area contributed by atoms with Gasteiger partial charge in [-0.15, -0.1) is 5.11 Å². The van der Waals surface area contributed by atoms with Gasteiger partial charge in [-0.2, -0.15) is 13.5 Å². The van der Waals surface area contributed by atoms with Crippen molar-refractivity contribution in [2.45, 2.75) is 18.7 Å². The molecule has 0 saturated carbocycles. The molecule has 39 heavy (non-hydrogen) atoms. The first-order valence-electron chi connectivity index (χ1n) is 11.2. The van der Waals surface area contributed by atoms with Gasteiger partial charge in [0.1, 0.15) is 16.3 Å². The van der Waals surface area contributed by atoms with E-state index in [9.17, 15) is 22.9 Å². The predicted molar refractivity (Wildman–Crippen MR) is 144 cm³/mol. The number of aryl methyl sites for hydroxylation is 1. The van der Waals surface area contributed by atoms with Crippen LogP contribution in [0.2, 0.25) is 10.0 Å². The number of benzene rings is 4. The van der Waals surface area contributed by atoms with Gasteiger partial charge in [-0.3, -0.25) is 9.35 Å². The molecule has 0 heterocycles. The molecule has 1 amide bonds. The smallest absolute Gasteiger partial charge is 0.870 e. The maximum absolute atomic E-state index is 13.5. The molecule has 0 radical (unpaired) electrons. The normalized spacial score (nSPS) is 11.4. The van der Waals surface area contributed by atoms with Crippen molar-refractivity contribution in [1.29, 1.82) is 0 Å². The van der Waals surface area contributed by atoms with Crippen LogP contribution in [0.1, 0.15) is 22.8 Å². The average molecular weight is 596 g/mol. The molecule has 196 valence electrons. The summed E-state index contributed by atoms with van der Waals surface area (Å²) in [5, 5.41) is 25.1. The van der Waals surface area contributed by atoms with Gasteiger partial charge in [0.15, 0.2) is 0 Å². The van der Waals surface area contributed by atoms with Crippen LogP contribution >= 0.6 is 23.2 Å². The number of hydrogen-bond donors (Lipinski definition) is 2. The molecular formula is C26H20Cl2N3NaO6S. The number of ether oxygens (including phenoxy) is 1. The van der Waals surface area contributed by atoms with Crippen molar-refractivity contribution >= 4 is 67.1 Å². The van der Waals surface area contributed by atoms with Gasteiger partial charge in [0.25, 0.3) is 16.0 Å². The second-order valence-corrected chi connectivity index (χ2v) is 10.3. The summed E-state index contributed by atoms with van der Waals surface area (Å²) in [5.41, 5.74) is -0.0742. The van der Waals surface area contributed by atoms with Gasteiger partial charge in [0.2, 0.25) is 0 Å². The first-order valence-corrected chi connectivity index (χ1v) is 13.4. The van der Waals surface area contributed by atoms with Gasteiger partial charge in [0.05, 0.1) is 23.0 Å². The minimum absolute atomic E-state index is 0. The number of hydrogen-bond acceptors (Lipinski definition) is 7. The third-order valence-electron chi connectivity index (χ3n) is 5.50. The Morgan fingerprint density at radius 2 is 1.74 bits per heavy atom. The van der Waals surface area contributed by atoms with Crippen molar-refractivity contribution in [3.8, 4) is 11.5 Å². The Morgan fingerprint density at radius 3 is 2.44 bits per heavy atom. The van der Waals surface area contributed by atoms with Crippen molar-refractivity contribution in [3.05, 3.63) is 81.8 Å². The summed E-state index contributed by atoms with van der Waals surface area (Å²) in [5.74, 6) is -1.12. The van der Waals surface area contributed by atoms with Crippen LogP contribution in [0.5, 0.6) is 11.5 Å². The molecule has 0 aliphatic carbocycles. The number of anilines is 1. The molecule has 0 bridgehead atoms. The van der Waals surface area contributed by atoms with Crippen molar-refractivity contribution in [3.63, 3.8) is 0 Å². The minimum atomic E-state index is -4.76. The first kappa shape index (κ1) is 30.8. The van der Waals surface area contributed by atoms with E-state index in [2.05, 4.69) is 15.5 Å². The molecule has 4 rings (SSSR count). The maximum atomic E-state index is 13.5. The van der Waals surface area contributed by atoms with E-state index in [0.29, 0.717) is 33.7 Å². The standard InChI is InChI=1S/C26H21Cl2N3O6S.Na/c1-3-37-21-11-9-16(27)13-20(21)29-26(33)18-12-15-6-4-5-7-17(15)23(24(18)32)31-30-22-14(2)8-10-19(28)25(22)38(34,35)36;/h4-13,32H,3H2,1-2H3,(H,29,33)(H,34,35,36);/q;+1/p-1. The van der Waals surface area contributed by atoms with E-state index in [-0.39, 0.29) is 57.2 Å². The molecule has 0 aromatic heterocycles. The summed E-state index contributed by atoms with van der Waals surface area (Å²) in [4.78, 5) is 12.6. The molecule has 0 atom stereocenters. The van der Waals surface area contributed by atoms with Crippen LogP contribution in [0.4, 0.5) is 17.1 Å². The zero-order valence-corrected chi connectivity index (χ0v) is 25.4. The van der Waals surface area contributed by atoms with Crippen LogP contribution in [0.25, 0.3) is 10.8 Å². The monoisotopic (exact) mass is 595 g/mol. The van der Waals surface area contributed by atoms with E-state index in [1.807, 2.05) is 0 Å². The Balaban J connectivity index is 0.00000420. The van der Waals surface area contributed by atoms with Crippen LogP contribution in [-0.4, -0.2) is 25.5 Å². The average Bonchev–Trinajstić information content (AvgIpc) is 2.86. The number of azo groups is 1. The van der Waals surface area contributed by atoms with E-state index in [1.54, 1.807) is 50.2 Å². The van der Waals surface area contributed by atoms with Crippen molar-refractivity contribution in [1.82, 2.24) is 0 Å². The fraction of sp³-hybridized carbons (Fsp3) is 0.115. The fourth-order valence-corrected chi connectivity index (χ4v) is 5.14. The van der Waals surface area contributed by atoms with E-state index in [1.165, 1.54) is 24.3 Å². The number of carbonyl (C=O) groups excluding carboxylic acids is 1. The Bertz CT molecular complexity index is 1710. The zero-order chi connectivity index (χ0) is 27.6. The summed E-state index contributed by atoms with van der Waals surface area (Å²) in [6.45, 7) is 3.67.